The number of thiophene rings is 1. The molecule has 0 aliphatic heterocycles. The molecule has 7 nitrogen and oxygen atoms in total. The molecule has 3 amide bonds. The zero-order valence-corrected chi connectivity index (χ0v) is 21.8. The number of para-hydroxylation sites is 1. The Hall–Kier alpha value is -4.17. The number of aryl methyl sites for hydroxylation is 3. The Kier molecular flexibility index (Phi) is 8.20. The van der Waals surface area contributed by atoms with Gasteiger partial charge >= 0.3 is 0 Å². The zero-order chi connectivity index (χ0) is 26.4. The molecule has 0 saturated heterocycles. The maximum atomic E-state index is 13.9. The van der Waals surface area contributed by atoms with E-state index in [4.69, 9.17) is 4.42 Å². The van der Waals surface area contributed by atoms with Gasteiger partial charge in [0.15, 0.2) is 0 Å². The molecule has 0 unspecified atom stereocenters. The normalized spacial score (nSPS) is 11.5. The number of carbonyl (C=O) groups is 3. The number of hydrogen-bond donors (Lipinski definition) is 2. The molecule has 4 rings (SSSR count). The van der Waals surface area contributed by atoms with Gasteiger partial charge in [-0.2, -0.15) is 0 Å². The predicted molar refractivity (Wildman–Crippen MR) is 145 cm³/mol. The van der Waals surface area contributed by atoms with E-state index in [-0.39, 0.29) is 24.9 Å². The van der Waals surface area contributed by atoms with Crippen LogP contribution in [0.3, 0.4) is 0 Å². The highest BCUT2D eigenvalue weighted by molar-refractivity contribution is 7.12. The summed E-state index contributed by atoms with van der Waals surface area (Å²) >= 11 is 1.30. The van der Waals surface area contributed by atoms with Gasteiger partial charge in [0, 0.05) is 0 Å². The smallest absolute Gasteiger partial charge is 0.261 e. The molecule has 1 atom stereocenters. The fourth-order valence-corrected chi connectivity index (χ4v) is 4.81. The highest BCUT2D eigenvalue weighted by atomic mass is 32.1. The standard InChI is InChI=1S/C29H29N3O4S/c1-19-11-13-22(14-12-19)27(29(35)30-17-23-9-5-15-36-23)32(26-20(2)7-4-8-21(26)3)25(33)18-31-28(34)24-10-6-16-37-24/h4-16,27H,17-18H2,1-3H3,(H,30,35)(H,31,34)/t27-/m0/s1. The Labute approximate surface area is 220 Å². The zero-order valence-electron chi connectivity index (χ0n) is 21.0. The van der Waals surface area contributed by atoms with Gasteiger partial charge in [-0.15, -0.1) is 11.3 Å². The number of benzene rings is 2. The first-order valence-electron chi connectivity index (χ1n) is 11.9. The first-order chi connectivity index (χ1) is 17.8. The lowest BCUT2D eigenvalue weighted by molar-refractivity contribution is -0.126. The van der Waals surface area contributed by atoms with Gasteiger partial charge in [0.25, 0.3) is 5.91 Å². The lowest BCUT2D eigenvalue weighted by Gasteiger charge is -2.33. The first kappa shape index (κ1) is 25.9. The summed E-state index contributed by atoms with van der Waals surface area (Å²) in [6.07, 6.45) is 1.54. The van der Waals surface area contributed by atoms with Crippen molar-refractivity contribution in [2.75, 3.05) is 11.4 Å². The monoisotopic (exact) mass is 515 g/mol. The molecule has 4 aromatic rings. The van der Waals surface area contributed by atoms with Crippen molar-refractivity contribution in [1.82, 2.24) is 10.6 Å². The van der Waals surface area contributed by atoms with Crippen LogP contribution in [0.2, 0.25) is 0 Å². The topological polar surface area (TPSA) is 91.7 Å². The van der Waals surface area contributed by atoms with Crippen LogP contribution in [-0.2, 0) is 16.1 Å². The third-order valence-electron chi connectivity index (χ3n) is 6.01. The summed E-state index contributed by atoms with van der Waals surface area (Å²) in [5, 5.41) is 7.44. The quantitative estimate of drug-likeness (QED) is 0.325. The summed E-state index contributed by atoms with van der Waals surface area (Å²) < 4.78 is 5.37. The minimum absolute atomic E-state index is 0.179. The summed E-state index contributed by atoms with van der Waals surface area (Å²) in [6, 6.07) is 19.3. The van der Waals surface area contributed by atoms with Gasteiger partial charge in [0.05, 0.1) is 29.9 Å². The summed E-state index contributed by atoms with van der Waals surface area (Å²) in [4.78, 5) is 42.2. The number of hydrogen-bond acceptors (Lipinski definition) is 5. The van der Waals surface area contributed by atoms with Crippen molar-refractivity contribution in [1.29, 1.82) is 0 Å². The van der Waals surface area contributed by atoms with Crippen molar-refractivity contribution in [3.8, 4) is 0 Å². The van der Waals surface area contributed by atoms with E-state index < -0.39 is 11.9 Å². The Balaban J connectivity index is 1.72. The predicted octanol–water partition coefficient (Wildman–Crippen LogP) is 5.09. The molecular weight excluding hydrogens is 486 g/mol. The third kappa shape index (κ3) is 6.16. The minimum atomic E-state index is -0.971. The van der Waals surface area contributed by atoms with Gasteiger partial charge in [-0.1, -0.05) is 54.1 Å². The van der Waals surface area contributed by atoms with E-state index in [9.17, 15) is 14.4 Å². The molecule has 2 N–H and O–H groups in total. The second-order valence-corrected chi connectivity index (χ2v) is 9.72. The average molecular weight is 516 g/mol. The van der Waals surface area contributed by atoms with Crippen LogP contribution in [0.4, 0.5) is 5.69 Å². The molecule has 0 spiro atoms. The van der Waals surface area contributed by atoms with Crippen LogP contribution in [0, 0.1) is 20.8 Å². The summed E-state index contributed by atoms with van der Waals surface area (Å²) in [7, 11) is 0. The van der Waals surface area contributed by atoms with E-state index in [0.29, 0.717) is 21.9 Å². The molecule has 0 aliphatic carbocycles. The molecule has 0 radical (unpaired) electrons. The molecule has 0 fully saturated rings. The minimum Gasteiger partial charge on any atom is -0.467 e. The van der Waals surface area contributed by atoms with E-state index in [1.165, 1.54) is 16.2 Å². The Morgan fingerprint density at radius 1 is 0.892 bits per heavy atom. The number of carbonyl (C=O) groups excluding carboxylic acids is 3. The first-order valence-corrected chi connectivity index (χ1v) is 12.8. The molecule has 190 valence electrons. The fourth-order valence-electron chi connectivity index (χ4n) is 4.17. The largest absolute Gasteiger partial charge is 0.467 e. The molecule has 8 heteroatoms. The Bertz CT molecular complexity index is 1340. The SMILES string of the molecule is Cc1ccc([C@@H](C(=O)NCc2ccco2)N(C(=O)CNC(=O)c2cccs2)c2c(C)cccc2C)cc1. The molecule has 0 bridgehead atoms. The van der Waals surface area contributed by atoms with Crippen LogP contribution in [0.15, 0.2) is 82.8 Å². The molecule has 2 aromatic heterocycles. The maximum absolute atomic E-state index is 13.9. The third-order valence-corrected chi connectivity index (χ3v) is 6.88. The summed E-state index contributed by atoms with van der Waals surface area (Å²) in [5.41, 5.74) is 4.01. The highest BCUT2D eigenvalue weighted by Crippen LogP contribution is 2.33. The van der Waals surface area contributed by atoms with Crippen molar-refractivity contribution < 1.29 is 18.8 Å². The van der Waals surface area contributed by atoms with E-state index in [2.05, 4.69) is 10.6 Å². The van der Waals surface area contributed by atoms with E-state index >= 15 is 0 Å². The van der Waals surface area contributed by atoms with Crippen LogP contribution < -0.4 is 15.5 Å². The van der Waals surface area contributed by atoms with Gasteiger partial charge in [-0.05, 0) is 61.0 Å². The van der Waals surface area contributed by atoms with Crippen molar-refractivity contribution in [2.45, 2.75) is 33.4 Å². The van der Waals surface area contributed by atoms with Gasteiger partial charge in [-0.25, -0.2) is 0 Å². The highest BCUT2D eigenvalue weighted by Gasteiger charge is 2.34. The number of rotatable bonds is 9. The van der Waals surface area contributed by atoms with E-state index in [0.717, 1.165) is 16.7 Å². The number of anilines is 1. The average Bonchev–Trinajstić information content (AvgIpc) is 3.61. The van der Waals surface area contributed by atoms with E-state index in [1.807, 2.05) is 63.2 Å². The second kappa shape index (κ2) is 11.7. The molecule has 37 heavy (non-hydrogen) atoms. The van der Waals surface area contributed by atoms with Crippen LogP contribution in [0.25, 0.3) is 0 Å². The number of amides is 3. The van der Waals surface area contributed by atoms with Gasteiger partial charge in [0.1, 0.15) is 11.8 Å². The lowest BCUT2D eigenvalue weighted by Crippen LogP contribution is -2.48. The summed E-state index contributed by atoms with van der Waals surface area (Å²) in [6.45, 7) is 5.68. The molecule has 0 aliphatic rings. The van der Waals surface area contributed by atoms with Crippen molar-refractivity contribution >= 4 is 34.7 Å². The molecule has 2 aromatic carbocycles. The fraction of sp³-hybridized carbons (Fsp3) is 0.207. The van der Waals surface area contributed by atoms with Crippen LogP contribution in [-0.4, -0.2) is 24.3 Å². The van der Waals surface area contributed by atoms with Crippen molar-refractivity contribution in [2.24, 2.45) is 0 Å². The summed E-state index contributed by atoms with van der Waals surface area (Å²) in [5.74, 6) is -0.495. The van der Waals surface area contributed by atoms with Gasteiger partial charge < -0.3 is 15.1 Å². The second-order valence-electron chi connectivity index (χ2n) is 8.77. The van der Waals surface area contributed by atoms with Gasteiger partial charge in [0.2, 0.25) is 11.8 Å². The molecular formula is C29H29N3O4S. The Morgan fingerprint density at radius 2 is 1.62 bits per heavy atom. The van der Waals surface area contributed by atoms with Crippen molar-refractivity contribution in [3.63, 3.8) is 0 Å². The van der Waals surface area contributed by atoms with E-state index in [1.54, 1.807) is 35.9 Å². The number of nitrogens with zero attached hydrogens (tertiary/aromatic N) is 1. The Morgan fingerprint density at radius 3 is 2.24 bits per heavy atom. The van der Waals surface area contributed by atoms with Crippen LogP contribution in [0.1, 0.15) is 43.7 Å². The number of furan rings is 1. The maximum Gasteiger partial charge on any atom is 0.261 e. The number of nitrogens with one attached hydrogen (secondary N) is 2. The molecule has 2 heterocycles. The lowest BCUT2D eigenvalue weighted by atomic mass is 9.99. The van der Waals surface area contributed by atoms with Crippen LogP contribution in [0.5, 0.6) is 0 Å². The van der Waals surface area contributed by atoms with Crippen molar-refractivity contribution in [3.05, 3.63) is 111 Å². The van der Waals surface area contributed by atoms with Gasteiger partial charge in [-0.3, -0.25) is 19.3 Å². The molecule has 0 saturated carbocycles. The van der Waals surface area contributed by atoms with Crippen LogP contribution >= 0.6 is 11.3 Å².